The molecule has 98 valence electrons. The molecule has 2 rings (SSSR count). The number of allylic oxidation sites excluding steroid dienone is 2. The van der Waals surface area contributed by atoms with Crippen LogP contribution in [0.3, 0.4) is 0 Å². The number of hydrogen-bond donors (Lipinski definition) is 1. The van der Waals surface area contributed by atoms with E-state index in [1.807, 2.05) is 13.1 Å². The van der Waals surface area contributed by atoms with Crippen LogP contribution in [0.5, 0.6) is 0 Å². The smallest absolute Gasteiger partial charge is 0.226 e. The van der Waals surface area contributed by atoms with Gasteiger partial charge in [0, 0.05) is 13.6 Å². The second-order valence-electron chi connectivity index (χ2n) is 3.90. The fourth-order valence-corrected chi connectivity index (χ4v) is 1.80. The summed E-state index contributed by atoms with van der Waals surface area (Å²) >= 11 is 5.91. The number of imidazole rings is 1. The fourth-order valence-electron chi connectivity index (χ4n) is 1.64. The normalized spacial score (nSPS) is 11.6. The summed E-state index contributed by atoms with van der Waals surface area (Å²) in [5.41, 5.74) is 2.37. The predicted molar refractivity (Wildman–Crippen MR) is 78.3 cm³/mol. The third-order valence-electron chi connectivity index (χ3n) is 2.59. The molecule has 0 bridgehead atoms. The highest BCUT2D eigenvalue weighted by atomic mass is 35.5. The number of nitrogens with one attached hydrogen (secondary N) is 1. The maximum absolute atomic E-state index is 5.91. The summed E-state index contributed by atoms with van der Waals surface area (Å²) in [6, 6.07) is 0. The van der Waals surface area contributed by atoms with E-state index in [4.69, 9.17) is 11.6 Å². The van der Waals surface area contributed by atoms with Crippen LogP contribution < -0.4 is 5.32 Å². The summed E-state index contributed by atoms with van der Waals surface area (Å²) in [6.45, 7) is 7.96. The highest BCUT2D eigenvalue weighted by molar-refractivity contribution is 6.28. The van der Waals surface area contributed by atoms with Crippen molar-refractivity contribution < 1.29 is 0 Å². The van der Waals surface area contributed by atoms with Crippen molar-refractivity contribution >= 4 is 28.6 Å². The first-order valence-corrected chi connectivity index (χ1v) is 6.06. The maximum Gasteiger partial charge on any atom is 0.226 e. The monoisotopic (exact) mass is 275 g/mol. The molecule has 19 heavy (non-hydrogen) atoms. The van der Waals surface area contributed by atoms with Crippen LogP contribution in [0.4, 0.5) is 5.82 Å². The molecule has 0 aliphatic carbocycles. The van der Waals surface area contributed by atoms with Crippen molar-refractivity contribution in [1.29, 1.82) is 0 Å². The molecule has 0 aliphatic heterocycles. The third-order valence-corrected chi connectivity index (χ3v) is 2.76. The average Bonchev–Trinajstić information content (AvgIpc) is 2.76. The van der Waals surface area contributed by atoms with Gasteiger partial charge in [0.05, 0.1) is 6.33 Å². The molecule has 2 aromatic heterocycles. The Hall–Kier alpha value is -2.14. The number of hydrogen-bond acceptors (Lipinski definition) is 4. The highest BCUT2D eigenvalue weighted by Crippen LogP contribution is 2.20. The zero-order chi connectivity index (χ0) is 13.8. The van der Waals surface area contributed by atoms with Gasteiger partial charge in [-0.2, -0.15) is 9.97 Å². The molecule has 6 heteroatoms. The van der Waals surface area contributed by atoms with Gasteiger partial charge in [-0.05, 0) is 17.2 Å². The van der Waals surface area contributed by atoms with Crippen molar-refractivity contribution in [3.05, 3.63) is 48.6 Å². The molecule has 0 unspecified atom stereocenters. The summed E-state index contributed by atoms with van der Waals surface area (Å²) in [6.07, 6.45) is 7.02. The van der Waals surface area contributed by atoms with E-state index in [-0.39, 0.29) is 5.28 Å². The maximum atomic E-state index is 5.91. The Bertz CT molecular complexity index is 656. The number of aryl methyl sites for hydroxylation is 1. The molecule has 0 amide bonds. The van der Waals surface area contributed by atoms with E-state index in [1.165, 1.54) is 0 Å². The molecule has 0 saturated carbocycles. The van der Waals surface area contributed by atoms with Crippen LogP contribution in [0.15, 0.2) is 43.3 Å². The molecule has 2 heterocycles. The molecule has 0 atom stereocenters. The second-order valence-corrected chi connectivity index (χ2v) is 4.24. The van der Waals surface area contributed by atoms with E-state index in [0.717, 1.165) is 5.57 Å². The number of rotatable bonds is 5. The molecular weight excluding hydrogens is 262 g/mol. The van der Waals surface area contributed by atoms with Gasteiger partial charge >= 0.3 is 0 Å². The van der Waals surface area contributed by atoms with E-state index in [9.17, 15) is 0 Å². The summed E-state index contributed by atoms with van der Waals surface area (Å²) in [5, 5.41) is 3.37. The zero-order valence-corrected chi connectivity index (χ0v) is 11.4. The van der Waals surface area contributed by atoms with E-state index < -0.39 is 0 Å². The van der Waals surface area contributed by atoms with Crippen molar-refractivity contribution in [2.24, 2.45) is 7.05 Å². The van der Waals surface area contributed by atoms with E-state index in [0.29, 0.717) is 23.5 Å². The molecule has 0 aromatic carbocycles. The quantitative estimate of drug-likeness (QED) is 0.673. The van der Waals surface area contributed by atoms with Crippen LogP contribution in [-0.2, 0) is 7.05 Å². The Balaban J connectivity index is 2.32. The van der Waals surface area contributed by atoms with E-state index in [2.05, 4.69) is 33.4 Å². The number of anilines is 1. The molecule has 0 fully saturated rings. The van der Waals surface area contributed by atoms with E-state index in [1.54, 1.807) is 23.0 Å². The first-order valence-electron chi connectivity index (χ1n) is 5.68. The van der Waals surface area contributed by atoms with Gasteiger partial charge in [0.1, 0.15) is 0 Å². The molecular formula is C13H14ClN5. The average molecular weight is 276 g/mol. The van der Waals surface area contributed by atoms with Gasteiger partial charge in [-0.25, -0.2) is 4.98 Å². The molecule has 0 radical (unpaired) electrons. The minimum absolute atomic E-state index is 0.187. The van der Waals surface area contributed by atoms with Gasteiger partial charge in [-0.1, -0.05) is 31.4 Å². The minimum atomic E-state index is 0.187. The number of fused-ring (bicyclic) bond motifs is 1. The van der Waals surface area contributed by atoms with Crippen molar-refractivity contribution in [3.8, 4) is 0 Å². The van der Waals surface area contributed by atoms with Gasteiger partial charge in [0.25, 0.3) is 0 Å². The summed E-state index contributed by atoms with van der Waals surface area (Å²) in [4.78, 5) is 12.6. The number of aromatic nitrogens is 4. The molecule has 1 N–H and O–H groups in total. The lowest BCUT2D eigenvalue weighted by molar-refractivity contribution is 0.928. The number of nitrogens with zero attached hydrogens (tertiary/aromatic N) is 4. The van der Waals surface area contributed by atoms with Gasteiger partial charge in [0.2, 0.25) is 5.28 Å². The van der Waals surface area contributed by atoms with E-state index >= 15 is 0 Å². The Kier molecular flexibility index (Phi) is 3.97. The molecule has 2 aromatic rings. The van der Waals surface area contributed by atoms with Crippen molar-refractivity contribution in [2.75, 3.05) is 11.9 Å². The van der Waals surface area contributed by atoms with Crippen LogP contribution in [0.1, 0.15) is 0 Å². The lowest BCUT2D eigenvalue weighted by Gasteiger charge is -2.07. The van der Waals surface area contributed by atoms with Crippen LogP contribution in [0.25, 0.3) is 11.2 Å². The first kappa shape index (κ1) is 13.3. The molecule has 5 nitrogen and oxygen atoms in total. The third kappa shape index (κ3) is 2.82. The van der Waals surface area contributed by atoms with Crippen molar-refractivity contribution in [1.82, 2.24) is 19.5 Å². The number of halogens is 1. The highest BCUT2D eigenvalue weighted by Gasteiger charge is 2.10. The fraction of sp³-hybridized carbons (Fsp3) is 0.154. The Morgan fingerprint density at radius 1 is 1.47 bits per heavy atom. The van der Waals surface area contributed by atoms with Crippen LogP contribution >= 0.6 is 11.6 Å². The molecule has 0 spiro atoms. The summed E-state index contributed by atoms with van der Waals surface area (Å²) in [5.74, 6) is 0.604. The first-order chi connectivity index (χ1) is 9.15. The lowest BCUT2D eigenvalue weighted by atomic mass is 10.2. The van der Waals surface area contributed by atoms with Crippen LogP contribution in [0.2, 0.25) is 5.28 Å². The van der Waals surface area contributed by atoms with Crippen molar-refractivity contribution in [2.45, 2.75) is 0 Å². The summed E-state index contributed by atoms with van der Waals surface area (Å²) in [7, 11) is 1.86. The Morgan fingerprint density at radius 2 is 2.26 bits per heavy atom. The van der Waals surface area contributed by atoms with Crippen LogP contribution in [-0.4, -0.2) is 26.1 Å². The Morgan fingerprint density at radius 3 is 2.95 bits per heavy atom. The molecule has 0 saturated heterocycles. The minimum Gasteiger partial charge on any atom is -0.364 e. The lowest BCUT2D eigenvalue weighted by Crippen LogP contribution is -2.06. The van der Waals surface area contributed by atoms with Gasteiger partial charge in [0.15, 0.2) is 17.0 Å². The SMILES string of the molecule is C=C/C=C(\C=C)CNc1nc(Cl)nc2c1ncn2C. The molecule has 0 aliphatic rings. The summed E-state index contributed by atoms with van der Waals surface area (Å²) < 4.78 is 1.79. The van der Waals surface area contributed by atoms with Gasteiger partial charge < -0.3 is 9.88 Å². The predicted octanol–water partition coefficient (Wildman–Crippen LogP) is 2.73. The topological polar surface area (TPSA) is 55.6 Å². The zero-order valence-electron chi connectivity index (χ0n) is 10.6. The van der Waals surface area contributed by atoms with Crippen molar-refractivity contribution in [3.63, 3.8) is 0 Å². The van der Waals surface area contributed by atoms with Crippen LogP contribution in [0, 0.1) is 0 Å². The van der Waals surface area contributed by atoms with Gasteiger partial charge in [-0.3, -0.25) is 0 Å². The largest absolute Gasteiger partial charge is 0.364 e. The standard InChI is InChI=1S/C13H14ClN5/c1-4-6-9(5-2)7-15-11-10-12(18-13(14)17-11)19(3)8-16-10/h4-6,8H,1-2,7H2,3H3,(H,15,17,18)/b9-6+. The Labute approximate surface area is 116 Å². The van der Waals surface area contributed by atoms with Gasteiger partial charge in [-0.15, -0.1) is 0 Å². The second kappa shape index (κ2) is 5.67.